The zero-order chi connectivity index (χ0) is 15.9. The van der Waals surface area contributed by atoms with E-state index in [9.17, 15) is 9.59 Å². The van der Waals surface area contributed by atoms with Gasteiger partial charge in [0.25, 0.3) is 0 Å². The summed E-state index contributed by atoms with van der Waals surface area (Å²) in [6, 6.07) is 14.6. The highest BCUT2D eigenvalue weighted by Crippen LogP contribution is 2.11. The van der Waals surface area contributed by atoms with Crippen molar-refractivity contribution in [3.05, 3.63) is 64.7 Å². The molecule has 0 fully saturated rings. The van der Waals surface area contributed by atoms with Crippen LogP contribution in [0, 0.1) is 0 Å². The fourth-order valence-electron chi connectivity index (χ4n) is 1.96. The second-order valence-electron chi connectivity index (χ2n) is 4.96. The van der Waals surface area contributed by atoms with Crippen molar-refractivity contribution in [2.75, 3.05) is 5.32 Å². The smallest absolute Gasteiger partial charge is 0.224 e. The Morgan fingerprint density at radius 2 is 1.55 bits per heavy atom. The molecule has 0 spiro atoms. The number of benzene rings is 2. The lowest BCUT2D eigenvalue weighted by molar-refractivity contribution is -0.120. The second kappa shape index (κ2) is 7.61. The topological polar surface area (TPSA) is 58.2 Å². The summed E-state index contributed by atoms with van der Waals surface area (Å²) in [6.07, 6.45) is 0.321. The van der Waals surface area contributed by atoms with Gasteiger partial charge < -0.3 is 10.6 Å². The normalized spacial score (nSPS) is 10.1. The summed E-state index contributed by atoms with van der Waals surface area (Å²) >= 11 is 5.81. The van der Waals surface area contributed by atoms with Gasteiger partial charge >= 0.3 is 0 Å². The number of rotatable bonds is 5. The third kappa shape index (κ3) is 5.22. The van der Waals surface area contributed by atoms with Crippen LogP contribution in [0.4, 0.5) is 5.69 Å². The molecule has 0 aliphatic heterocycles. The molecule has 0 saturated carbocycles. The molecule has 0 atom stereocenters. The van der Waals surface area contributed by atoms with Gasteiger partial charge in [-0.15, -0.1) is 0 Å². The molecule has 2 amide bonds. The summed E-state index contributed by atoms with van der Waals surface area (Å²) in [5.41, 5.74) is 2.63. The minimum Gasteiger partial charge on any atom is -0.352 e. The Balaban J connectivity index is 1.83. The highest BCUT2D eigenvalue weighted by atomic mass is 35.5. The quantitative estimate of drug-likeness (QED) is 0.890. The van der Waals surface area contributed by atoms with Crippen molar-refractivity contribution in [2.45, 2.75) is 19.9 Å². The van der Waals surface area contributed by atoms with Crippen molar-refractivity contribution >= 4 is 29.1 Å². The highest BCUT2D eigenvalue weighted by Gasteiger charge is 2.04. The maximum atomic E-state index is 11.9. The fraction of sp³-hybridized carbons (Fsp3) is 0.176. The number of carbonyl (C=O) groups is 2. The predicted molar refractivity (Wildman–Crippen MR) is 87.7 cm³/mol. The standard InChI is InChI=1S/C17H17ClN2O2/c1-12(21)20-16-8-4-14(5-9-16)11-19-17(22)10-13-2-6-15(18)7-3-13/h2-9H,10-11H2,1H3,(H,19,22)(H,20,21). The fourth-order valence-corrected chi connectivity index (χ4v) is 2.09. The Morgan fingerprint density at radius 1 is 0.955 bits per heavy atom. The summed E-state index contributed by atoms with van der Waals surface area (Å²) < 4.78 is 0. The molecule has 0 radical (unpaired) electrons. The van der Waals surface area contributed by atoms with Crippen LogP contribution < -0.4 is 10.6 Å². The van der Waals surface area contributed by atoms with E-state index in [1.807, 2.05) is 36.4 Å². The first-order valence-corrected chi connectivity index (χ1v) is 7.28. The molecule has 22 heavy (non-hydrogen) atoms. The average Bonchev–Trinajstić information content (AvgIpc) is 2.48. The zero-order valence-electron chi connectivity index (χ0n) is 12.2. The summed E-state index contributed by atoms with van der Waals surface area (Å²) in [7, 11) is 0. The molecule has 4 nitrogen and oxygen atoms in total. The molecule has 114 valence electrons. The molecule has 0 aliphatic rings. The van der Waals surface area contributed by atoms with Gasteiger partial charge in [-0.25, -0.2) is 0 Å². The number of nitrogens with one attached hydrogen (secondary N) is 2. The van der Waals surface area contributed by atoms with Gasteiger partial charge in [0.15, 0.2) is 0 Å². The van der Waals surface area contributed by atoms with Gasteiger partial charge in [0, 0.05) is 24.2 Å². The van der Waals surface area contributed by atoms with E-state index in [1.165, 1.54) is 6.92 Å². The van der Waals surface area contributed by atoms with E-state index in [4.69, 9.17) is 11.6 Å². The van der Waals surface area contributed by atoms with E-state index >= 15 is 0 Å². The molecule has 2 aromatic rings. The van der Waals surface area contributed by atoms with Crippen LogP contribution >= 0.6 is 11.6 Å². The Morgan fingerprint density at radius 3 is 2.14 bits per heavy atom. The van der Waals surface area contributed by atoms with Crippen LogP contribution in [0.15, 0.2) is 48.5 Å². The second-order valence-corrected chi connectivity index (χ2v) is 5.39. The van der Waals surface area contributed by atoms with Crippen molar-refractivity contribution < 1.29 is 9.59 Å². The molecule has 0 unspecified atom stereocenters. The summed E-state index contributed by atoms with van der Waals surface area (Å²) in [4.78, 5) is 22.8. The molecule has 2 rings (SSSR count). The molecular formula is C17H17ClN2O2. The van der Waals surface area contributed by atoms with Crippen LogP contribution in [0.2, 0.25) is 5.02 Å². The molecular weight excluding hydrogens is 300 g/mol. The van der Waals surface area contributed by atoms with Crippen LogP contribution in [-0.2, 0) is 22.6 Å². The van der Waals surface area contributed by atoms with Gasteiger partial charge in [-0.05, 0) is 35.4 Å². The van der Waals surface area contributed by atoms with E-state index < -0.39 is 0 Å². The first kappa shape index (κ1) is 16.0. The number of hydrogen-bond donors (Lipinski definition) is 2. The number of anilines is 1. The number of carbonyl (C=O) groups excluding carboxylic acids is 2. The van der Waals surface area contributed by atoms with Gasteiger partial charge in [-0.2, -0.15) is 0 Å². The van der Waals surface area contributed by atoms with Crippen LogP contribution in [0.3, 0.4) is 0 Å². The Labute approximate surface area is 134 Å². The van der Waals surface area contributed by atoms with Crippen molar-refractivity contribution in [3.8, 4) is 0 Å². The summed E-state index contributed by atoms with van der Waals surface area (Å²) in [5.74, 6) is -0.155. The van der Waals surface area contributed by atoms with E-state index in [1.54, 1.807) is 12.1 Å². The lowest BCUT2D eigenvalue weighted by atomic mass is 10.1. The third-order valence-corrected chi connectivity index (χ3v) is 3.29. The minimum atomic E-state index is -0.107. The van der Waals surface area contributed by atoms with Gasteiger partial charge in [-0.3, -0.25) is 9.59 Å². The Hall–Kier alpha value is -2.33. The minimum absolute atomic E-state index is 0.0479. The molecule has 0 bridgehead atoms. The maximum Gasteiger partial charge on any atom is 0.224 e. The van der Waals surface area contributed by atoms with Gasteiger partial charge in [0.1, 0.15) is 0 Å². The van der Waals surface area contributed by atoms with E-state index in [0.29, 0.717) is 18.0 Å². The summed E-state index contributed by atoms with van der Waals surface area (Å²) in [6.45, 7) is 1.91. The molecule has 2 N–H and O–H groups in total. The molecule has 2 aromatic carbocycles. The van der Waals surface area contributed by atoms with Crippen LogP contribution in [0.5, 0.6) is 0 Å². The van der Waals surface area contributed by atoms with E-state index in [-0.39, 0.29) is 11.8 Å². The van der Waals surface area contributed by atoms with E-state index in [0.717, 1.165) is 16.8 Å². The average molecular weight is 317 g/mol. The highest BCUT2D eigenvalue weighted by molar-refractivity contribution is 6.30. The molecule has 5 heteroatoms. The monoisotopic (exact) mass is 316 g/mol. The maximum absolute atomic E-state index is 11.9. The van der Waals surface area contributed by atoms with Crippen LogP contribution in [-0.4, -0.2) is 11.8 Å². The zero-order valence-corrected chi connectivity index (χ0v) is 13.0. The Bertz CT molecular complexity index is 651. The first-order chi connectivity index (χ1) is 10.5. The number of halogens is 1. The van der Waals surface area contributed by atoms with Gasteiger partial charge in [0.2, 0.25) is 11.8 Å². The lowest BCUT2D eigenvalue weighted by Gasteiger charge is -2.07. The van der Waals surface area contributed by atoms with Crippen molar-refractivity contribution in [1.29, 1.82) is 0 Å². The SMILES string of the molecule is CC(=O)Nc1ccc(CNC(=O)Cc2ccc(Cl)cc2)cc1. The lowest BCUT2D eigenvalue weighted by Crippen LogP contribution is -2.24. The van der Waals surface area contributed by atoms with Crippen molar-refractivity contribution in [1.82, 2.24) is 5.32 Å². The largest absolute Gasteiger partial charge is 0.352 e. The molecule has 0 aliphatic carbocycles. The van der Waals surface area contributed by atoms with Crippen molar-refractivity contribution in [3.63, 3.8) is 0 Å². The van der Waals surface area contributed by atoms with Crippen molar-refractivity contribution in [2.24, 2.45) is 0 Å². The number of amides is 2. The Kier molecular flexibility index (Phi) is 5.55. The predicted octanol–water partition coefficient (Wildman–Crippen LogP) is 3.16. The van der Waals surface area contributed by atoms with E-state index in [2.05, 4.69) is 10.6 Å². The van der Waals surface area contributed by atoms with Crippen LogP contribution in [0.25, 0.3) is 0 Å². The van der Waals surface area contributed by atoms with Gasteiger partial charge in [0.05, 0.1) is 6.42 Å². The molecule has 0 saturated heterocycles. The van der Waals surface area contributed by atoms with Crippen LogP contribution in [0.1, 0.15) is 18.1 Å². The molecule has 0 aromatic heterocycles. The third-order valence-electron chi connectivity index (χ3n) is 3.04. The number of hydrogen-bond acceptors (Lipinski definition) is 2. The molecule has 0 heterocycles. The summed E-state index contributed by atoms with van der Waals surface area (Å²) in [5, 5.41) is 6.22. The first-order valence-electron chi connectivity index (χ1n) is 6.90. The van der Waals surface area contributed by atoms with Gasteiger partial charge in [-0.1, -0.05) is 35.9 Å².